The van der Waals surface area contributed by atoms with Crippen molar-refractivity contribution in [2.45, 2.75) is 12.8 Å². The molecule has 2 nitrogen and oxygen atoms in total. The smallest absolute Gasteiger partial charge is 0.124 e. The van der Waals surface area contributed by atoms with Crippen molar-refractivity contribution >= 4 is 6.29 Å². The fourth-order valence-corrected chi connectivity index (χ4v) is 1.46. The van der Waals surface area contributed by atoms with Gasteiger partial charge in [0.1, 0.15) is 12.0 Å². The third kappa shape index (κ3) is 1.20. The Labute approximate surface area is 71.2 Å². The van der Waals surface area contributed by atoms with E-state index in [0.29, 0.717) is 6.42 Å². The maximum atomic E-state index is 10.2. The summed E-state index contributed by atoms with van der Waals surface area (Å²) in [5, 5.41) is 0. The minimum absolute atomic E-state index is 0.507. The Bertz CT molecular complexity index is 305. The van der Waals surface area contributed by atoms with Gasteiger partial charge in [0.25, 0.3) is 0 Å². The van der Waals surface area contributed by atoms with Crippen molar-refractivity contribution < 1.29 is 9.53 Å². The van der Waals surface area contributed by atoms with Crippen LogP contribution in [0, 0.1) is 0 Å². The zero-order valence-electron chi connectivity index (χ0n) is 6.75. The Hall–Kier alpha value is -1.31. The lowest BCUT2D eigenvalue weighted by Crippen LogP contribution is -1.86. The van der Waals surface area contributed by atoms with Gasteiger partial charge in [-0.25, -0.2) is 0 Å². The monoisotopic (exact) mass is 162 g/mol. The maximum Gasteiger partial charge on any atom is 0.124 e. The van der Waals surface area contributed by atoms with Crippen LogP contribution in [0.25, 0.3) is 0 Å². The van der Waals surface area contributed by atoms with Gasteiger partial charge in [-0.15, -0.1) is 0 Å². The molecule has 1 aliphatic heterocycles. The van der Waals surface area contributed by atoms with E-state index in [0.717, 1.165) is 30.6 Å². The second-order valence-corrected chi connectivity index (χ2v) is 2.91. The molecule has 1 aromatic rings. The molecule has 1 aliphatic rings. The predicted octanol–water partition coefficient (Wildman–Crippen LogP) is 1.36. The lowest BCUT2D eigenvalue weighted by Gasteiger charge is -1.99. The standard InChI is InChI=1S/C10H10O2/c11-5-3-8-1-2-10-9(7-8)4-6-12-10/h1-2,5,7H,3-4,6H2. The molecule has 0 aromatic heterocycles. The van der Waals surface area contributed by atoms with Crippen LogP contribution in [0.4, 0.5) is 0 Å². The Morgan fingerprint density at radius 3 is 3.25 bits per heavy atom. The summed E-state index contributed by atoms with van der Waals surface area (Å²) >= 11 is 0. The van der Waals surface area contributed by atoms with Gasteiger partial charge in [0.05, 0.1) is 6.61 Å². The van der Waals surface area contributed by atoms with Crippen molar-refractivity contribution in [1.82, 2.24) is 0 Å². The molecule has 1 aromatic carbocycles. The lowest BCUT2D eigenvalue weighted by atomic mass is 10.1. The Kier molecular flexibility index (Phi) is 1.82. The molecule has 62 valence electrons. The zero-order chi connectivity index (χ0) is 8.39. The molecule has 0 atom stereocenters. The number of ether oxygens (including phenoxy) is 1. The predicted molar refractivity (Wildman–Crippen MR) is 45.4 cm³/mol. The lowest BCUT2D eigenvalue weighted by molar-refractivity contribution is -0.107. The van der Waals surface area contributed by atoms with Crippen LogP contribution in [0.1, 0.15) is 11.1 Å². The number of hydrogen-bond acceptors (Lipinski definition) is 2. The van der Waals surface area contributed by atoms with Crippen LogP contribution in [-0.2, 0) is 17.6 Å². The van der Waals surface area contributed by atoms with E-state index in [1.54, 1.807) is 0 Å². The maximum absolute atomic E-state index is 10.2. The number of carbonyl (C=O) groups is 1. The molecule has 0 N–H and O–H groups in total. The Morgan fingerprint density at radius 2 is 2.42 bits per heavy atom. The van der Waals surface area contributed by atoms with Crippen molar-refractivity contribution in [2.75, 3.05) is 6.61 Å². The molecule has 0 unspecified atom stereocenters. The SMILES string of the molecule is O=CCc1ccc2c(c1)CCO2. The van der Waals surface area contributed by atoms with Gasteiger partial charge in [-0.3, -0.25) is 0 Å². The fraction of sp³-hybridized carbons (Fsp3) is 0.300. The van der Waals surface area contributed by atoms with E-state index in [9.17, 15) is 4.79 Å². The summed E-state index contributed by atoms with van der Waals surface area (Å²) in [7, 11) is 0. The summed E-state index contributed by atoms with van der Waals surface area (Å²) in [4.78, 5) is 10.2. The van der Waals surface area contributed by atoms with Crippen LogP contribution in [-0.4, -0.2) is 12.9 Å². The number of rotatable bonds is 2. The summed E-state index contributed by atoms with van der Waals surface area (Å²) in [5.74, 6) is 0.977. The van der Waals surface area contributed by atoms with Crippen LogP contribution in [0.15, 0.2) is 18.2 Å². The highest BCUT2D eigenvalue weighted by Gasteiger charge is 2.11. The summed E-state index contributed by atoms with van der Waals surface area (Å²) in [6, 6.07) is 5.94. The third-order valence-corrected chi connectivity index (χ3v) is 2.07. The first-order chi connectivity index (χ1) is 5.90. The highest BCUT2D eigenvalue weighted by molar-refractivity contribution is 5.56. The molecule has 0 aliphatic carbocycles. The van der Waals surface area contributed by atoms with Crippen LogP contribution < -0.4 is 4.74 Å². The van der Waals surface area contributed by atoms with Crippen molar-refractivity contribution in [3.8, 4) is 5.75 Å². The van der Waals surface area contributed by atoms with E-state index >= 15 is 0 Å². The van der Waals surface area contributed by atoms with Crippen LogP contribution in [0.3, 0.4) is 0 Å². The number of carbonyl (C=O) groups excluding carboxylic acids is 1. The molecule has 0 radical (unpaired) electrons. The van der Waals surface area contributed by atoms with Gasteiger partial charge in [0.2, 0.25) is 0 Å². The molecule has 0 amide bonds. The number of fused-ring (bicyclic) bond motifs is 1. The van der Waals surface area contributed by atoms with Gasteiger partial charge in [-0.05, 0) is 17.2 Å². The quantitative estimate of drug-likeness (QED) is 0.614. The van der Waals surface area contributed by atoms with Gasteiger partial charge >= 0.3 is 0 Å². The summed E-state index contributed by atoms with van der Waals surface area (Å²) in [6.45, 7) is 0.778. The van der Waals surface area contributed by atoms with E-state index in [4.69, 9.17) is 4.74 Å². The first kappa shape index (κ1) is 7.35. The topological polar surface area (TPSA) is 26.3 Å². The molecule has 0 bridgehead atoms. The van der Waals surface area contributed by atoms with E-state index in [1.165, 1.54) is 5.56 Å². The van der Waals surface area contributed by atoms with E-state index in [-0.39, 0.29) is 0 Å². The van der Waals surface area contributed by atoms with E-state index < -0.39 is 0 Å². The second kappa shape index (κ2) is 2.97. The average Bonchev–Trinajstić information content (AvgIpc) is 2.51. The van der Waals surface area contributed by atoms with Crippen molar-refractivity contribution in [3.63, 3.8) is 0 Å². The third-order valence-electron chi connectivity index (χ3n) is 2.07. The van der Waals surface area contributed by atoms with E-state index in [2.05, 4.69) is 6.07 Å². The van der Waals surface area contributed by atoms with Crippen molar-refractivity contribution in [3.05, 3.63) is 29.3 Å². The fourth-order valence-electron chi connectivity index (χ4n) is 1.46. The Morgan fingerprint density at radius 1 is 1.50 bits per heavy atom. The van der Waals surface area contributed by atoms with Crippen LogP contribution >= 0.6 is 0 Å². The van der Waals surface area contributed by atoms with Crippen LogP contribution in [0.5, 0.6) is 5.75 Å². The molecule has 2 rings (SSSR count). The molecule has 0 spiro atoms. The Balaban J connectivity index is 2.32. The first-order valence-corrected chi connectivity index (χ1v) is 4.08. The number of aldehydes is 1. The summed E-state index contributed by atoms with van der Waals surface area (Å²) < 4.78 is 5.34. The molecule has 0 fully saturated rings. The highest BCUT2D eigenvalue weighted by atomic mass is 16.5. The van der Waals surface area contributed by atoms with Crippen LogP contribution in [0.2, 0.25) is 0 Å². The average molecular weight is 162 g/mol. The molecule has 12 heavy (non-hydrogen) atoms. The zero-order valence-corrected chi connectivity index (χ0v) is 6.75. The molecule has 2 heteroatoms. The first-order valence-electron chi connectivity index (χ1n) is 4.08. The molecule has 0 saturated heterocycles. The number of hydrogen-bond donors (Lipinski definition) is 0. The highest BCUT2D eigenvalue weighted by Crippen LogP contribution is 2.25. The van der Waals surface area contributed by atoms with Gasteiger partial charge < -0.3 is 9.53 Å². The summed E-state index contributed by atoms with van der Waals surface area (Å²) in [5.41, 5.74) is 2.31. The largest absolute Gasteiger partial charge is 0.493 e. The second-order valence-electron chi connectivity index (χ2n) is 2.91. The van der Waals surface area contributed by atoms with Gasteiger partial charge in [0.15, 0.2) is 0 Å². The molecule has 0 saturated carbocycles. The minimum Gasteiger partial charge on any atom is -0.493 e. The van der Waals surface area contributed by atoms with Gasteiger partial charge in [-0.2, -0.15) is 0 Å². The van der Waals surface area contributed by atoms with Crippen molar-refractivity contribution in [2.24, 2.45) is 0 Å². The minimum atomic E-state index is 0.507. The molecular formula is C10H10O2. The normalized spacial score (nSPS) is 13.7. The van der Waals surface area contributed by atoms with Gasteiger partial charge in [0, 0.05) is 12.8 Å². The molecular weight excluding hydrogens is 152 g/mol. The molecule has 1 heterocycles. The summed E-state index contributed by atoms with van der Waals surface area (Å²) in [6.07, 6.45) is 2.41. The van der Waals surface area contributed by atoms with Gasteiger partial charge in [-0.1, -0.05) is 12.1 Å². The van der Waals surface area contributed by atoms with Crippen molar-refractivity contribution in [1.29, 1.82) is 0 Å². The van der Waals surface area contributed by atoms with E-state index in [1.807, 2.05) is 12.1 Å². The number of benzene rings is 1.